The van der Waals surface area contributed by atoms with Gasteiger partial charge in [0.2, 0.25) is 0 Å². The fraction of sp³-hybridized carbons (Fsp3) is 0.250. The monoisotopic (exact) mass is 439 g/mol. The summed E-state index contributed by atoms with van der Waals surface area (Å²) in [5.74, 6) is -2.69. The van der Waals surface area contributed by atoms with Crippen LogP contribution >= 0.6 is 11.6 Å². The molecule has 2 aromatic carbocycles. The van der Waals surface area contributed by atoms with E-state index in [1.165, 1.54) is 11.0 Å². The van der Waals surface area contributed by atoms with Gasteiger partial charge in [0.25, 0.3) is 0 Å². The van der Waals surface area contributed by atoms with Crippen molar-refractivity contribution in [3.05, 3.63) is 87.3 Å². The van der Waals surface area contributed by atoms with E-state index >= 15 is 0 Å². The maximum absolute atomic E-state index is 14.8. The van der Waals surface area contributed by atoms with Crippen LogP contribution in [0.4, 0.5) is 14.5 Å². The van der Waals surface area contributed by atoms with Crippen LogP contribution < -0.4 is 10.6 Å². The Morgan fingerprint density at radius 3 is 2.42 bits per heavy atom. The maximum atomic E-state index is 14.8. The van der Waals surface area contributed by atoms with E-state index in [-0.39, 0.29) is 23.6 Å². The van der Waals surface area contributed by atoms with Gasteiger partial charge in [-0.15, -0.1) is 0 Å². The Bertz CT molecular complexity index is 1190. The number of halogens is 3. The van der Waals surface area contributed by atoms with Crippen LogP contribution in [0.25, 0.3) is 0 Å². The molecule has 1 atom stereocenters. The molecule has 0 amide bonds. The standard InChI is InChI=1S/C24H20ClF2N3O/c1-24(2)10-18-21(19(31)11-24)20(13-5-3-6-14(25)9-13)15(12-28)23(29)30(18)22-16(26)7-4-8-17(22)27/h3-9,20H,10-11,29H2,1-2H3. The molecule has 1 aliphatic carbocycles. The van der Waals surface area contributed by atoms with Gasteiger partial charge in [-0.05, 0) is 41.7 Å². The quantitative estimate of drug-likeness (QED) is 0.665. The van der Waals surface area contributed by atoms with Crippen molar-refractivity contribution < 1.29 is 13.6 Å². The summed E-state index contributed by atoms with van der Waals surface area (Å²) in [4.78, 5) is 14.6. The molecule has 7 heteroatoms. The fourth-order valence-corrected chi connectivity index (χ4v) is 4.69. The molecule has 2 N–H and O–H groups in total. The summed E-state index contributed by atoms with van der Waals surface area (Å²) in [5, 5.41) is 10.4. The van der Waals surface area contributed by atoms with Gasteiger partial charge in [0.1, 0.15) is 23.1 Å². The van der Waals surface area contributed by atoms with Gasteiger partial charge < -0.3 is 5.73 Å². The second-order valence-electron chi connectivity index (χ2n) is 8.61. The average molecular weight is 440 g/mol. The first-order valence-corrected chi connectivity index (χ1v) is 10.2. The first-order chi connectivity index (χ1) is 14.6. The van der Waals surface area contributed by atoms with Gasteiger partial charge in [0, 0.05) is 22.7 Å². The summed E-state index contributed by atoms with van der Waals surface area (Å²) in [5.41, 5.74) is 6.96. The molecular formula is C24H20ClF2N3O. The van der Waals surface area contributed by atoms with E-state index in [0.717, 1.165) is 12.1 Å². The summed E-state index contributed by atoms with van der Waals surface area (Å²) in [6.45, 7) is 3.83. The molecular weight excluding hydrogens is 420 g/mol. The largest absolute Gasteiger partial charge is 0.384 e. The van der Waals surface area contributed by atoms with Crippen molar-refractivity contribution in [3.8, 4) is 6.07 Å². The number of para-hydroxylation sites is 1. The zero-order valence-electron chi connectivity index (χ0n) is 17.0. The Morgan fingerprint density at radius 2 is 1.81 bits per heavy atom. The summed E-state index contributed by atoms with van der Waals surface area (Å²) < 4.78 is 29.6. The van der Waals surface area contributed by atoms with Gasteiger partial charge in [-0.25, -0.2) is 8.78 Å². The highest BCUT2D eigenvalue weighted by molar-refractivity contribution is 6.30. The molecule has 1 unspecified atom stereocenters. The Morgan fingerprint density at radius 1 is 1.16 bits per heavy atom. The van der Waals surface area contributed by atoms with E-state index in [4.69, 9.17) is 17.3 Å². The van der Waals surface area contributed by atoms with Crippen LogP contribution in [0.1, 0.15) is 38.2 Å². The van der Waals surface area contributed by atoms with Gasteiger partial charge in [0.15, 0.2) is 5.78 Å². The Kier molecular flexibility index (Phi) is 5.10. The van der Waals surface area contributed by atoms with Crippen molar-refractivity contribution in [3.63, 3.8) is 0 Å². The van der Waals surface area contributed by atoms with Crippen LogP contribution in [0.15, 0.2) is 65.1 Å². The molecule has 0 fully saturated rings. The van der Waals surface area contributed by atoms with Crippen molar-refractivity contribution in [2.45, 2.75) is 32.6 Å². The van der Waals surface area contributed by atoms with E-state index in [2.05, 4.69) is 6.07 Å². The van der Waals surface area contributed by atoms with Gasteiger partial charge in [-0.1, -0.05) is 43.6 Å². The number of anilines is 1. The van der Waals surface area contributed by atoms with Crippen molar-refractivity contribution in [1.29, 1.82) is 5.26 Å². The van der Waals surface area contributed by atoms with E-state index in [1.807, 2.05) is 13.8 Å². The number of rotatable bonds is 2. The number of ketones is 1. The smallest absolute Gasteiger partial charge is 0.162 e. The summed E-state index contributed by atoms with van der Waals surface area (Å²) in [7, 11) is 0. The van der Waals surface area contributed by atoms with Crippen LogP contribution in [0.3, 0.4) is 0 Å². The molecule has 158 valence electrons. The molecule has 0 bridgehead atoms. The summed E-state index contributed by atoms with van der Waals surface area (Å²) in [6, 6.07) is 12.4. The molecule has 1 aliphatic heterocycles. The molecule has 0 saturated carbocycles. The molecule has 4 rings (SSSR count). The predicted octanol–water partition coefficient (Wildman–Crippen LogP) is 5.56. The summed E-state index contributed by atoms with van der Waals surface area (Å²) >= 11 is 6.17. The molecule has 0 radical (unpaired) electrons. The number of nitriles is 1. The van der Waals surface area contributed by atoms with E-state index in [1.54, 1.807) is 24.3 Å². The van der Waals surface area contributed by atoms with Crippen molar-refractivity contribution in [2.75, 3.05) is 4.90 Å². The number of nitrogens with two attached hydrogens (primary N) is 1. The van der Waals surface area contributed by atoms with Crippen LogP contribution in [0.2, 0.25) is 5.02 Å². The van der Waals surface area contributed by atoms with Crippen LogP contribution in [0, 0.1) is 28.4 Å². The van der Waals surface area contributed by atoms with E-state index < -0.39 is 28.7 Å². The third kappa shape index (κ3) is 3.49. The Labute approximate surface area is 184 Å². The average Bonchev–Trinajstić information content (AvgIpc) is 2.68. The predicted molar refractivity (Wildman–Crippen MR) is 115 cm³/mol. The number of hydrogen-bond acceptors (Lipinski definition) is 4. The number of nitrogens with zero attached hydrogens (tertiary/aromatic N) is 2. The molecule has 2 aromatic rings. The topological polar surface area (TPSA) is 70.1 Å². The highest BCUT2D eigenvalue weighted by atomic mass is 35.5. The minimum Gasteiger partial charge on any atom is -0.384 e. The number of carbonyl (C=O) groups excluding carboxylic acids is 1. The zero-order chi connectivity index (χ0) is 22.5. The molecule has 0 spiro atoms. The normalized spacial score (nSPS) is 20.6. The van der Waals surface area contributed by atoms with Crippen molar-refractivity contribution in [1.82, 2.24) is 0 Å². The summed E-state index contributed by atoms with van der Waals surface area (Å²) in [6.07, 6.45) is 0.605. The van der Waals surface area contributed by atoms with Crippen LogP contribution in [0.5, 0.6) is 0 Å². The molecule has 0 saturated heterocycles. The molecule has 1 heterocycles. The number of carbonyl (C=O) groups is 1. The maximum Gasteiger partial charge on any atom is 0.162 e. The fourth-order valence-electron chi connectivity index (χ4n) is 4.49. The Balaban J connectivity index is 2.06. The van der Waals surface area contributed by atoms with Gasteiger partial charge in [-0.3, -0.25) is 9.69 Å². The van der Waals surface area contributed by atoms with Crippen LogP contribution in [-0.4, -0.2) is 5.78 Å². The van der Waals surface area contributed by atoms with E-state index in [9.17, 15) is 18.8 Å². The number of Topliss-reactive ketones (excluding diaryl/α,β-unsaturated/α-hetero) is 1. The second kappa shape index (κ2) is 7.51. The lowest BCUT2D eigenvalue weighted by Crippen LogP contribution is -2.42. The highest BCUT2D eigenvalue weighted by Gasteiger charge is 2.45. The van der Waals surface area contributed by atoms with E-state index in [0.29, 0.717) is 28.3 Å². The number of allylic oxidation sites excluding steroid dienone is 3. The number of benzene rings is 2. The number of hydrogen-bond donors (Lipinski definition) is 1. The lowest BCUT2D eigenvalue weighted by atomic mass is 9.68. The SMILES string of the molecule is CC1(C)CC(=O)C2=C(C1)N(c1c(F)cccc1F)C(N)=C(C#N)C2c1cccc(Cl)c1. The minimum absolute atomic E-state index is 0.0525. The minimum atomic E-state index is -0.830. The van der Waals surface area contributed by atoms with Gasteiger partial charge >= 0.3 is 0 Å². The Hall–Kier alpha value is -3.17. The lowest BCUT2D eigenvalue weighted by Gasteiger charge is -2.43. The third-order valence-corrected chi connectivity index (χ3v) is 5.96. The second-order valence-corrected chi connectivity index (χ2v) is 9.04. The van der Waals surface area contributed by atoms with Crippen molar-refractivity contribution >= 4 is 23.1 Å². The van der Waals surface area contributed by atoms with Gasteiger partial charge in [0.05, 0.1) is 17.6 Å². The molecule has 0 aromatic heterocycles. The first-order valence-electron chi connectivity index (χ1n) is 9.80. The zero-order valence-corrected chi connectivity index (χ0v) is 17.8. The molecule has 2 aliphatic rings. The molecule has 4 nitrogen and oxygen atoms in total. The lowest BCUT2D eigenvalue weighted by molar-refractivity contribution is -0.118. The molecule has 31 heavy (non-hydrogen) atoms. The van der Waals surface area contributed by atoms with Crippen LogP contribution in [-0.2, 0) is 4.79 Å². The van der Waals surface area contributed by atoms with Crippen molar-refractivity contribution in [2.24, 2.45) is 11.1 Å². The highest BCUT2D eigenvalue weighted by Crippen LogP contribution is 2.50. The van der Waals surface area contributed by atoms with Gasteiger partial charge in [-0.2, -0.15) is 5.26 Å². The third-order valence-electron chi connectivity index (χ3n) is 5.72. The first kappa shape index (κ1) is 21.1.